The van der Waals surface area contributed by atoms with Crippen LogP contribution >= 0.6 is 7.14 Å². The average molecular weight is 572 g/mol. The predicted molar refractivity (Wildman–Crippen MR) is 182 cm³/mol. The Morgan fingerprint density at radius 3 is 1.93 bits per heavy atom. The second-order valence-corrected chi connectivity index (χ2v) is 14.7. The van der Waals surface area contributed by atoms with Crippen molar-refractivity contribution in [2.24, 2.45) is 0 Å². The molecular weight excluding hydrogens is 541 g/mol. The molecule has 2 nitrogen and oxygen atoms in total. The van der Waals surface area contributed by atoms with Crippen LogP contribution < -0.4 is 15.9 Å². The highest BCUT2D eigenvalue weighted by molar-refractivity contribution is 7.85. The SMILES string of the molecule is CC1(C)c2ccccc2-c2c1ccc1c(-c3cccc(P(=O)(c4ccccc4)c4ccccc4)c3)nc3ccccc3c21. The minimum atomic E-state index is -3.13. The second-order valence-electron chi connectivity index (χ2n) is 11.9. The van der Waals surface area contributed by atoms with Crippen molar-refractivity contribution >= 4 is 44.7 Å². The maximum Gasteiger partial charge on any atom is 0.171 e. The first-order chi connectivity index (χ1) is 21.0. The van der Waals surface area contributed by atoms with E-state index in [0.717, 1.165) is 43.5 Å². The van der Waals surface area contributed by atoms with E-state index in [1.165, 1.54) is 27.6 Å². The zero-order valence-corrected chi connectivity index (χ0v) is 25.1. The van der Waals surface area contributed by atoms with Crippen LogP contribution in [0.1, 0.15) is 25.0 Å². The fourth-order valence-corrected chi connectivity index (χ4v) is 9.72. The summed E-state index contributed by atoms with van der Waals surface area (Å²) in [6.45, 7) is 4.64. The second kappa shape index (κ2) is 9.63. The summed E-state index contributed by atoms with van der Waals surface area (Å²) in [7, 11) is -3.13. The number of nitrogens with zero attached hydrogens (tertiary/aromatic N) is 1. The molecule has 0 saturated carbocycles. The van der Waals surface area contributed by atoms with E-state index in [1.807, 2.05) is 72.8 Å². The van der Waals surface area contributed by atoms with Crippen LogP contribution in [0.25, 0.3) is 44.1 Å². The van der Waals surface area contributed by atoms with Crippen LogP contribution in [0.2, 0.25) is 0 Å². The number of pyridine rings is 1. The highest BCUT2D eigenvalue weighted by atomic mass is 31.2. The quantitative estimate of drug-likeness (QED) is 0.156. The summed E-state index contributed by atoms with van der Waals surface area (Å²) in [4.78, 5) is 5.27. The van der Waals surface area contributed by atoms with Gasteiger partial charge in [0.2, 0.25) is 0 Å². The van der Waals surface area contributed by atoms with Gasteiger partial charge >= 0.3 is 0 Å². The Bertz CT molecular complexity index is 2190. The molecular formula is C40H30NOP. The van der Waals surface area contributed by atoms with Gasteiger partial charge in [-0.2, -0.15) is 0 Å². The number of aromatic nitrogens is 1. The third-order valence-corrected chi connectivity index (χ3v) is 12.2. The van der Waals surface area contributed by atoms with Crippen molar-refractivity contribution in [3.63, 3.8) is 0 Å². The minimum Gasteiger partial charge on any atom is -0.309 e. The molecule has 0 amide bonds. The normalized spacial score (nSPS) is 13.6. The summed E-state index contributed by atoms with van der Waals surface area (Å²) in [5, 5.41) is 5.95. The Morgan fingerprint density at radius 2 is 1.19 bits per heavy atom. The lowest BCUT2D eigenvalue weighted by molar-refractivity contribution is 0.592. The molecule has 0 N–H and O–H groups in total. The van der Waals surface area contributed by atoms with Crippen LogP contribution in [0, 0.1) is 0 Å². The molecule has 8 rings (SSSR count). The van der Waals surface area contributed by atoms with Crippen molar-refractivity contribution in [2.45, 2.75) is 19.3 Å². The van der Waals surface area contributed by atoms with Crippen LogP contribution in [0.15, 0.2) is 146 Å². The van der Waals surface area contributed by atoms with Gasteiger partial charge in [0.05, 0.1) is 11.2 Å². The van der Waals surface area contributed by atoms with Gasteiger partial charge in [-0.25, -0.2) is 4.98 Å². The third-order valence-electron chi connectivity index (χ3n) is 9.13. The smallest absolute Gasteiger partial charge is 0.171 e. The molecule has 43 heavy (non-hydrogen) atoms. The van der Waals surface area contributed by atoms with Gasteiger partial charge in [-0.15, -0.1) is 0 Å². The van der Waals surface area contributed by atoms with Gasteiger partial charge in [-0.1, -0.05) is 147 Å². The van der Waals surface area contributed by atoms with Gasteiger partial charge in [0.25, 0.3) is 0 Å². The van der Waals surface area contributed by atoms with Gasteiger partial charge in [0, 0.05) is 43.1 Å². The van der Waals surface area contributed by atoms with E-state index in [1.54, 1.807) is 0 Å². The van der Waals surface area contributed by atoms with Crippen LogP contribution in [-0.2, 0) is 9.98 Å². The summed E-state index contributed by atoms with van der Waals surface area (Å²) in [5.41, 5.74) is 8.03. The first-order valence-electron chi connectivity index (χ1n) is 14.8. The van der Waals surface area contributed by atoms with E-state index in [2.05, 4.69) is 86.6 Å². The molecule has 1 heterocycles. The lowest BCUT2D eigenvalue weighted by Gasteiger charge is -2.22. The highest BCUT2D eigenvalue weighted by Crippen LogP contribution is 2.53. The van der Waals surface area contributed by atoms with Gasteiger partial charge in [0.15, 0.2) is 7.14 Å². The Balaban J connectivity index is 1.43. The van der Waals surface area contributed by atoms with Crippen molar-refractivity contribution in [1.29, 1.82) is 0 Å². The Hall–Kier alpha value is -4.78. The molecule has 0 atom stereocenters. The van der Waals surface area contributed by atoms with Crippen LogP contribution in [0.5, 0.6) is 0 Å². The van der Waals surface area contributed by atoms with E-state index in [9.17, 15) is 0 Å². The Kier molecular flexibility index (Phi) is 5.80. The standard InChI is InChI=1S/C40H30NOP/c1-40(2)34-22-11-9-20-31(34)38-35(40)25-24-33-37(38)32-21-10-12-23-36(32)41-39(33)27-14-13-19-30(26-27)43(42,28-15-5-3-6-16-28)29-17-7-4-8-18-29/h3-26H,1-2H3. The number of fused-ring (bicyclic) bond motifs is 7. The van der Waals surface area contributed by atoms with Crippen molar-refractivity contribution in [2.75, 3.05) is 0 Å². The molecule has 3 heteroatoms. The summed E-state index contributed by atoms with van der Waals surface area (Å²) in [5.74, 6) is 0. The molecule has 0 aliphatic heterocycles. The maximum absolute atomic E-state index is 15.2. The van der Waals surface area contributed by atoms with E-state index in [0.29, 0.717) is 0 Å². The van der Waals surface area contributed by atoms with E-state index in [-0.39, 0.29) is 5.41 Å². The fourth-order valence-electron chi connectivity index (χ4n) is 7.03. The molecule has 7 aromatic rings. The molecule has 0 unspecified atom stereocenters. The van der Waals surface area contributed by atoms with Gasteiger partial charge in [0.1, 0.15) is 0 Å². The van der Waals surface area contributed by atoms with Crippen LogP contribution in [-0.4, -0.2) is 4.98 Å². The van der Waals surface area contributed by atoms with E-state index < -0.39 is 7.14 Å². The first kappa shape index (κ1) is 25.9. The number of hydrogen-bond donors (Lipinski definition) is 0. The first-order valence-corrected chi connectivity index (χ1v) is 16.5. The topological polar surface area (TPSA) is 30.0 Å². The maximum atomic E-state index is 15.2. The van der Waals surface area contributed by atoms with Crippen LogP contribution in [0.4, 0.5) is 0 Å². The molecule has 206 valence electrons. The molecule has 0 bridgehead atoms. The monoisotopic (exact) mass is 571 g/mol. The lowest BCUT2D eigenvalue weighted by atomic mass is 9.82. The summed E-state index contributed by atoms with van der Waals surface area (Å²) >= 11 is 0. The zero-order chi connectivity index (χ0) is 29.2. The summed E-state index contributed by atoms with van der Waals surface area (Å²) in [6, 6.07) is 49.7. The summed E-state index contributed by atoms with van der Waals surface area (Å²) < 4.78 is 15.2. The molecule has 1 aliphatic carbocycles. The molecule has 1 aliphatic rings. The van der Waals surface area contributed by atoms with Crippen molar-refractivity contribution in [1.82, 2.24) is 4.98 Å². The average Bonchev–Trinajstić information content (AvgIpc) is 3.31. The van der Waals surface area contributed by atoms with Gasteiger partial charge in [-0.05, 0) is 34.4 Å². The molecule has 6 aromatic carbocycles. The Morgan fingerprint density at radius 1 is 0.558 bits per heavy atom. The van der Waals surface area contributed by atoms with Crippen molar-refractivity contribution in [3.8, 4) is 22.4 Å². The van der Waals surface area contributed by atoms with Crippen LogP contribution in [0.3, 0.4) is 0 Å². The van der Waals surface area contributed by atoms with Crippen molar-refractivity contribution < 1.29 is 4.57 Å². The van der Waals surface area contributed by atoms with Gasteiger partial charge < -0.3 is 4.57 Å². The zero-order valence-electron chi connectivity index (χ0n) is 24.2. The van der Waals surface area contributed by atoms with E-state index >= 15 is 4.57 Å². The third kappa shape index (κ3) is 3.80. The molecule has 0 spiro atoms. The Labute approximate surface area is 252 Å². The minimum absolute atomic E-state index is 0.0947. The number of rotatable bonds is 4. The number of benzene rings is 6. The highest BCUT2D eigenvalue weighted by Gasteiger charge is 2.37. The van der Waals surface area contributed by atoms with Crippen molar-refractivity contribution in [3.05, 3.63) is 157 Å². The largest absolute Gasteiger partial charge is 0.309 e. The lowest BCUT2D eigenvalue weighted by Crippen LogP contribution is -2.25. The molecule has 0 radical (unpaired) electrons. The predicted octanol–water partition coefficient (Wildman–Crippen LogP) is 9.00. The van der Waals surface area contributed by atoms with Gasteiger partial charge in [-0.3, -0.25) is 0 Å². The summed E-state index contributed by atoms with van der Waals surface area (Å²) in [6.07, 6.45) is 0. The molecule has 0 saturated heterocycles. The van der Waals surface area contributed by atoms with E-state index in [4.69, 9.17) is 4.98 Å². The molecule has 1 aromatic heterocycles. The molecule has 0 fully saturated rings. The number of hydrogen-bond acceptors (Lipinski definition) is 2. The fraction of sp³-hybridized carbons (Fsp3) is 0.0750. The number of para-hydroxylation sites is 1.